The Balaban J connectivity index is 1.21. The van der Waals surface area contributed by atoms with Crippen LogP contribution in [-0.4, -0.2) is 37.5 Å². The Morgan fingerprint density at radius 2 is 1.83 bits per heavy atom. The Bertz CT molecular complexity index is 2310. The van der Waals surface area contributed by atoms with Crippen molar-refractivity contribution in [2.75, 3.05) is 11.9 Å². The topological polar surface area (TPSA) is 117 Å². The van der Waals surface area contributed by atoms with Crippen molar-refractivity contribution < 1.29 is 18.0 Å². The van der Waals surface area contributed by atoms with E-state index in [1.165, 1.54) is 29.5 Å². The van der Waals surface area contributed by atoms with E-state index in [2.05, 4.69) is 15.5 Å². The highest BCUT2D eigenvalue weighted by Crippen LogP contribution is 2.50. The number of hydrogen-bond acceptors (Lipinski definition) is 8. The molecule has 240 valence electrons. The number of carbonyl (C=O) groups excluding carboxylic acids is 1. The van der Waals surface area contributed by atoms with E-state index in [-0.39, 0.29) is 35.5 Å². The zero-order valence-corrected chi connectivity index (χ0v) is 26.4. The summed E-state index contributed by atoms with van der Waals surface area (Å²) in [7, 11) is 0. The van der Waals surface area contributed by atoms with Crippen LogP contribution in [0.5, 0.6) is 0 Å². The van der Waals surface area contributed by atoms with Gasteiger partial charge in [0.1, 0.15) is 17.5 Å². The molecule has 4 aromatic heterocycles. The molecule has 0 unspecified atom stereocenters. The van der Waals surface area contributed by atoms with Gasteiger partial charge in [0.15, 0.2) is 0 Å². The van der Waals surface area contributed by atoms with Crippen molar-refractivity contribution in [2.45, 2.75) is 50.6 Å². The summed E-state index contributed by atoms with van der Waals surface area (Å²) >= 11 is 1.50. The molecule has 0 radical (unpaired) electrons. The first-order valence-electron chi connectivity index (χ1n) is 16.0. The van der Waals surface area contributed by atoms with Crippen LogP contribution in [0.3, 0.4) is 0 Å². The van der Waals surface area contributed by atoms with Crippen LogP contribution >= 0.6 is 11.3 Å². The molecule has 1 saturated heterocycles. The van der Waals surface area contributed by atoms with E-state index in [9.17, 15) is 18.4 Å². The summed E-state index contributed by atoms with van der Waals surface area (Å²) in [5.74, 6) is -0.594. The predicted molar refractivity (Wildman–Crippen MR) is 177 cm³/mol. The van der Waals surface area contributed by atoms with Crippen LogP contribution in [0.25, 0.3) is 32.0 Å². The molecule has 48 heavy (non-hydrogen) atoms. The predicted octanol–water partition coefficient (Wildman–Crippen LogP) is 7.16. The number of anilines is 1. The Hall–Kier alpha value is -5.23. The van der Waals surface area contributed by atoms with Gasteiger partial charge in [-0.3, -0.25) is 9.78 Å². The Labute approximate surface area is 276 Å². The van der Waals surface area contributed by atoms with E-state index in [0.29, 0.717) is 47.6 Å². The van der Waals surface area contributed by atoms with Crippen molar-refractivity contribution in [3.05, 3.63) is 117 Å². The van der Waals surface area contributed by atoms with Crippen molar-refractivity contribution in [1.29, 1.82) is 0 Å². The molecule has 6 aromatic rings. The quantitative estimate of drug-likeness (QED) is 0.186. The molecule has 0 bridgehead atoms. The van der Waals surface area contributed by atoms with Gasteiger partial charge in [-0.2, -0.15) is 0 Å². The fraction of sp³-hybridized carbons (Fsp3) is 0.250. The zero-order valence-electron chi connectivity index (χ0n) is 25.6. The maximum Gasteiger partial charge on any atom is 0.434 e. The van der Waals surface area contributed by atoms with Gasteiger partial charge in [0, 0.05) is 23.2 Å². The van der Waals surface area contributed by atoms with Crippen LogP contribution in [0.15, 0.2) is 70.0 Å². The molecule has 0 spiro atoms. The molecule has 1 aliphatic carbocycles. The first kappa shape index (κ1) is 29.0. The van der Waals surface area contributed by atoms with Gasteiger partial charge in [-0.15, -0.1) is 16.4 Å². The van der Waals surface area contributed by atoms with Crippen molar-refractivity contribution in [2.24, 2.45) is 0 Å². The average Bonchev–Trinajstić information content (AvgIpc) is 3.92. The summed E-state index contributed by atoms with van der Waals surface area (Å²) < 4.78 is 34.1. The highest BCUT2D eigenvalue weighted by Gasteiger charge is 2.45. The third-order valence-corrected chi connectivity index (χ3v) is 10.9. The van der Waals surface area contributed by atoms with Crippen molar-refractivity contribution in [1.82, 2.24) is 25.1 Å². The SMILES string of the molecule is O=C1c2c(nc(CCc3ccc(F)cc3)c(-c3n[nH]c(=O)o3)c2-c2cc3ccnc(N[C@H]4CCc5cc(F)ccc54)c3s2)[C@H]2CCCN12. The third kappa shape index (κ3) is 4.73. The molecule has 2 aromatic carbocycles. The Morgan fingerprint density at radius 3 is 2.67 bits per heavy atom. The van der Waals surface area contributed by atoms with E-state index in [1.807, 2.05) is 23.1 Å². The molecule has 0 saturated carbocycles. The third-order valence-electron chi connectivity index (χ3n) is 9.73. The lowest BCUT2D eigenvalue weighted by atomic mass is 9.93. The standard InChI is InChI=1S/C36H28F2N6O3S/c37-21-7-3-18(4-8-21)5-11-25-28(34-42-43-36(46)47-34)29(30-31(40-25)26-2-1-15-44(26)35(30)45)27-17-20-13-14-39-33(32(20)48-27)41-24-12-6-19-16-22(38)9-10-23(19)24/h3-4,7-10,13-14,16-17,24,26H,1-2,5-6,11-12,15H2,(H,39,41)(H,43,46)/t24-,26+/m0/s1. The van der Waals surface area contributed by atoms with E-state index in [1.54, 1.807) is 24.4 Å². The highest BCUT2D eigenvalue weighted by molar-refractivity contribution is 7.23. The van der Waals surface area contributed by atoms with E-state index in [4.69, 9.17) is 14.4 Å². The van der Waals surface area contributed by atoms with Crippen LogP contribution in [0, 0.1) is 11.6 Å². The molecule has 2 atom stereocenters. The first-order chi connectivity index (χ1) is 23.4. The Morgan fingerprint density at radius 1 is 0.979 bits per heavy atom. The number of nitrogens with one attached hydrogen (secondary N) is 2. The summed E-state index contributed by atoms with van der Waals surface area (Å²) in [4.78, 5) is 38.9. The van der Waals surface area contributed by atoms with Crippen LogP contribution in [-0.2, 0) is 19.3 Å². The largest absolute Gasteiger partial charge is 0.434 e. The number of hydrogen-bond donors (Lipinski definition) is 2. The molecule has 2 aliphatic heterocycles. The summed E-state index contributed by atoms with van der Waals surface area (Å²) in [5.41, 5.74) is 5.99. The number of benzene rings is 2. The van der Waals surface area contributed by atoms with E-state index < -0.39 is 5.76 Å². The van der Waals surface area contributed by atoms with Crippen molar-refractivity contribution >= 4 is 33.1 Å². The molecule has 6 heterocycles. The number of nitrogens with zero attached hydrogens (tertiary/aromatic N) is 4. The minimum atomic E-state index is -0.711. The van der Waals surface area contributed by atoms with Crippen molar-refractivity contribution in [3.8, 4) is 21.9 Å². The molecular weight excluding hydrogens is 634 g/mol. The lowest BCUT2D eigenvalue weighted by Gasteiger charge is -2.16. The molecule has 9 nitrogen and oxygen atoms in total. The number of rotatable bonds is 7. The highest BCUT2D eigenvalue weighted by atomic mass is 32.1. The number of aromatic nitrogens is 4. The molecule has 1 amide bonds. The number of thiophene rings is 1. The number of H-pyrrole nitrogens is 1. The number of halogens is 2. The molecule has 3 aliphatic rings. The van der Waals surface area contributed by atoms with Crippen LogP contribution < -0.4 is 11.1 Å². The van der Waals surface area contributed by atoms with Gasteiger partial charge in [-0.1, -0.05) is 18.2 Å². The van der Waals surface area contributed by atoms with E-state index in [0.717, 1.165) is 63.0 Å². The molecule has 9 rings (SSSR count). The number of fused-ring (bicyclic) bond motifs is 5. The van der Waals surface area contributed by atoms with Gasteiger partial charge in [-0.25, -0.2) is 23.7 Å². The number of aromatic amines is 1. The number of aryl methyl sites for hydroxylation is 3. The maximum atomic E-state index is 14.1. The van der Waals surface area contributed by atoms with Crippen LogP contribution in [0.1, 0.15) is 69.8 Å². The second-order valence-electron chi connectivity index (χ2n) is 12.5. The maximum absolute atomic E-state index is 14.1. The van der Waals surface area contributed by atoms with Crippen LogP contribution in [0.2, 0.25) is 0 Å². The molecule has 1 fully saturated rings. The Kier molecular flexibility index (Phi) is 6.75. The molecular formula is C36H28F2N6O3S. The number of carbonyl (C=O) groups is 1. The zero-order chi connectivity index (χ0) is 32.5. The van der Waals surface area contributed by atoms with Crippen molar-refractivity contribution in [3.63, 3.8) is 0 Å². The second-order valence-corrected chi connectivity index (χ2v) is 13.6. The number of amides is 1. The first-order valence-corrected chi connectivity index (χ1v) is 16.8. The van der Waals surface area contributed by atoms with Gasteiger partial charge in [0.25, 0.3) is 11.8 Å². The molecule has 12 heteroatoms. The smallest absolute Gasteiger partial charge is 0.388 e. The normalized spacial score (nSPS) is 18.0. The lowest BCUT2D eigenvalue weighted by Crippen LogP contribution is -2.22. The number of pyridine rings is 2. The lowest BCUT2D eigenvalue weighted by molar-refractivity contribution is 0.0776. The summed E-state index contributed by atoms with van der Waals surface area (Å²) in [6.45, 7) is 0.647. The monoisotopic (exact) mass is 662 g/mol. The summed E-state index contributed by atoms with van der Waals surface area (Å²) in [6.07, 6.45) is 6.05. The summed E-state index contributed by atoms with van der Waals surface area (Å²) in [6, 6.07) is 15.1. The van der Waals surface area contributed by atoms with Crippen LogP contribution in [0.4, 0.5) is 14.6 Å². The second kappa shape index (κ2) is 11.2. The molecule has 2 N–H and O–H groups in total. The van der Waals surface area contributed by atoms with Gasteiger partial charge >= 0.3 is 5.76 Å². The minimum absolute atomic E-state index is 0.0184. The fourth-order valence-electron chi connectivity index (χ4n) is 7.55. The van der Waals surface area contributed by atoms with Gasteiger partial charge in [-0.05, 0) is 97.0 Å². The summed E-state index contributed by atoms with van der Waals surface area (Å²) in [5, 5.41) is 11.1. The van der Waals surface area contributed by atoms with Gasteiger partial charge < -0.3 is 14.6 Å². The minimum Gasteiger partial charge on any atom is -0.388 e. The van der Waals surface area contributed by atoms with Gasteiger partial charge in [0.05, 0.1) is 39.3 Å². The van der Waals surface area contributed by atoms with E-state index >= 15 is 0 Å². The fourth-order valence-corrected chi connectivity index (χ4v) is 8.72. The average molecular weight is 663 g/mol. The van der Waals surface area contributed by atoms with Gasteiger partial charge in [0.2, 0.25) is 0 Å².